The Balaban J connectivity index is 3.62. The molecule has 0 saturated carbocycles. The summed E-state index contributed by atoms with van der Waals surface area (Å²) >= 11 is 0. The number of esters is 1. The second kappa shape index (κ2) is 9.26. The molecule has 0 fully saturated rings. The summed E-state index contributed by atoms with van der Waals surface area (Å²) in [5.41, 5.74) is 1.34. The lowest BCUT2D eigenvalue weighted by atomic mass is 10.0. The van der Waals surface area contributed by atoms with Gasteiger partial charge in [-0.15, -0.1) is 0 Å². The van der Waals surface area contributed by atoms with Gasteiger partial charge in [0.1, 0.15) is 0 Å². The Hall–Kier alpha value is -0.790. The van der Waals surface area contributed by atoms with Crippen LogP contribution in [0.2, 0.25) is 0 Å². The lowest BCUT2D eigenvalue weighted by molar-refractivity contribution is -0.145. The zero-order chi connectivity index (χ0) is 13.3. The van der Waals surface area contributed by atoms with E-state index < -0.39 is 0 Å². The Morgan fingerprint density at radius 2 is 1.82 bits per heavy atom. The predicted molar refractivity (Wildman–Crippen MR) is 72.9 cm³/mol. The van der Waals surface area contributed by atoms with E-state index >= 15 is 0 Å². The fourth-order valence-corrected chi connectivity index (χ4v) is 1.51. The molecule has 0 heterocycles. The average Bonchev–Trinajstić information content (AvgIpc) is 2.15. The van der Waals surface area contributed by atoms with Gasteiger partial charge in [-0.05, 0) is 44.9 Å². The molecule has 0 rings (SSSR count). The van der Waals surface area contributed by atoms with Crippen LogP contribution in [0, 0.1) is 11.8 Å². The van der Waals surface area contributed by atoms with Crippen LogP contribution in [0.4, 0.5) is 0 Å². The average molecular weight is 240 g/mol. The molecule has 0 aliphatic heterocycles. The van der Waals surface area contributed by atoms with Crippen molar-refractivity contribution in [1.29, 1.82) is 0 Å². The highest BCUT2D eigenvalue weighted by Gasteiger charge is 2.09. The van der Waals surface area contributed by atoms with Crippen molar-refractivity contribution in [3.63, 3.8) is 0 Å². The van der Waals surface area contributed by atoms with Crippen molar-refractivity contribution in [3.8, 4) is 0 Å². The first-order valence-corrected chi connectivity index (χ1v) is 6.70. The van der Waals surface area contributed by atoms with E-state index in [0.29, 0.717) is 24.9 Å². The van der Waals surface area contributed by atoms with Crippen LogP contribution in [0.25, 0.3) is 0 Å². The van der Waals surface area contributed by atoms with Crippen molar-refractivity contribution in [2.75, 3.05) is 6.61 Å². The first kappa shape index (κ1) is 16.2. The van der Waals surface area contributed by atoms with Gasteiger partial charge in [-0.1, -0.05) is 32.4 Å². The summed E-state index contributed by atoms with van der Waals surface area (Å²) in [5.74, 6) is 0.963. The zero-order valence-corrected chi connectivity index (χ0v) is 12.1. The summed E-state index contributed by atoms with van der Waals surface area (Å²) in [6.45, 7) is 11.2. The summed E-state index contributed by atoms with van der Waals surface area (Å²) in [6.07, 6.45) is 5.85. The van der Waals surface area contributed by atoms with E-state index in [1.807, 2.05) is 0 Å². The Morgan fingerprint density at radius 3 is 2.35 bits per heavy atom. The Bertz CT molecular complexity index is 237. The van der Waals surface area contributed by atoms with Gasteiger partial charge in [0.25, 0.3) is 0 Å². The number of hydrogen-bond donors (Lipinski definition) is 0. The third kappa shape index (κ3) is 11.5. The quantitative estimate of drug-likeness (QED) is 0.466. The van der Waals surface area contributed by atoms with Crippen LogP contribution in [0.15, 0.2) is 11.6 Å². The molecular formula is C15H28O2. The van der Waals surface area contributed by atoms with Crippen LogP contribution >= 0.6 is 0 Å². The highest BCUT2D eigenvalue weighted by atomic mass is 16.5. The molecule has 0 amide bonds. The van der Waals surface area contributed by atoms with Crippen molar-refractivity contribution < 1.29 is 9.53 Å². The largest absolute Gasteiger partial charge is 0.466 e. The van der Waals surface area contributed by atoms with Gasteiger partial charge >= 0.3 is 5.97 Å². The van der Waals surface area contributed by atoms with E-state index in [1.54, 1.807) is 0 Å². The second-order valence-corrected chi connectivity index (χ2v) is 5.57. The van der Waals surface area contributed by atoms with Crippen LogP contribution in [-0.4, -0.2) is 12.6 Å². The fourth-order valence-electron chi connectivity index (χ4n) is 1.51. The van der Waals surface area contributed by atoms with Gasteiger partial charge in [0.2, 0.25) is 0 Å². The van der Waals surface area contributed by atoms with Gasteiger partial charge in [0.15, 0.2) is 0 Å². The molecule has 0 aromatic rings. The minimum atomic E-state index is -0.0460. The maximum atomic E-state index is 11.5. The number of carbonyl (C=O) groups excluding carboxylic acids is 1. The lowest BCUT2D eigenvalue weighted by Gasteiger charge is -2.11. The van der Waals surface area contributed by atoms with Gasteiger partial charge in [-0.25, -0.2) is 0 Å². The summed E-state index contributed by atoms with van der Waals surface area (Å²) in [6, 6.07) is 0. The van der Waals surface area contributed by atoms with Gasteiger partial charge in [0, 0.05) is 6.42 Å². The maximum Gasteiger partial charge on any atom is 0.306 e. The van der Waals surface area contributed by atoms with Crippen molar-refractivity contribution in [3.05, 3.63) is 11.6 Å². The molecule has 2 nitrogen and oxygen atoms in total. The Labute approximate surface area is 106 Å². The summed E-state index contributed by atoms with van der Waals surface area (Å²) in [5, 5.41) is 0. The van der Waals surface area contributed by atoms with Gasteiger partial charge in [-0.3, -0.25) is 4.79 Å². The smallest absolute Gasteiger partial charge is 0.306 e. The molecule has 0 bridgehead atoms. The van der Waals surface area contributed by atoms with Gasteiger partial charge in [0.05, 0.1) is 6.61 Å². The third-order valence-corrected chi connectivity index (χ3v) is 2.69. The molecule has 2 heteroatoms. The molecule has 0 saturated heterocycles. The highest BCUT2D eigenvalue weighted by Crippen LogP contribution is 2.13. The molecular weight excluding hydrogens is 212 g/mol. The molecule has 0 spiro atoms. The number of hydrogen-bond acceptors (Lipinski definition) is 2. The predicted octanol–water partition coefficient (Wildman–Crippen LogP) is 4.35. The molecule has 0 aliphatic carbocycles. The van der Waals surface area contributed by atoms with Crippen molar-refractivity contribution in [1.82, 2.24) is 0 Å². The number of carbonyl (C=O) groups is 1. The molecule has 17 heavy (non-hydrogen) atoms. The second-order valence-electron chi connectivity index (χ2n) is 5.57. The van der Waals surface area contributed by atoms with E-state index in [1.165, 1.54) is 5.57 Å². The standard InChI is InChI=1S/C15H28O2/c1-12(2)7-6-8-14(5)11-15(16)17-10-9-13(3)4/h7,13-14H,6,8-11H2,1-5H3. The van der Waals surface area contributed by atoms with E-state index in [2.05, 4.69) is 40.7 Å². The normalized spacial score (nSPS) is 12.4. The molecule has 1 unspecified atom stereocenters. The minimum Gasteiger partial charge on any atom is -0.466 e. The summed E-state index contributed by atoms with van der Waals surface area (Å²) in [4.78, 5) is 11.5. The van der Waals surface area contributed by atoms with Gasteiger partial charge in [-0.2, -0.15) is 0 Å². The van der Waals surface area contributed by atoms with Crippen molar-refractivity contribution in [2.45, 2.75) is 60.3 Å². The molecule has 0 N–H and O–H groups in total. The van der Waals surface area contributed by atoms with Crippen LogP contribution in [0.3, 0.4) is 0 Å². The van der Waals surface area contributed by atoms with E-state index in [-0.39, 0.29) is 5.97 Å². The van der Waals surface area contributed by atoms with Crippen LogP contribution in [0.5, 0.6) is 0 Å². The lowest BCUT2D eigenvalue weighted by Crippen LogP contribution is -2.11. The molecule has 0 aromatic heterocycles. The van der Waals surface area contributed by atoms with Crippen LogP contribution in [0.1, 0.15) is 60.3 Å². The maximum absolute atomic E-state index is 11.5. The van der Waals surface area contributed by atoms with E-state index in [0.717, 1.165) is 19.3 Å². The zero-order valence-electron chi connectivity index (χ0n) is 12.1. The summed E-state index contributed by atoms with van der Waals surface area (Å²) < 4.78 is 5.20. The molecule has 0 aromatic carbocycles. The monoisotopic (exact) mass is 240 g/mol. The Morgan fingerprint density at radius 1 is 1.18 bits per heavy atom. The van der Waals surface area contributed by atoms with Crippen molar-refractivity contribution in [2.24, 2.45) is 11.8 Å². The fraction of sp³-hybridized carbons (Fsp3) is 0.800. The number of rotatable bonds is 8. The van der Waals surface area contributed by atoms with Crippen LogP contribution < -0.4 is 0 Å². The van der Waals surface area contributed by atoms with Gasteiger partial charge < -0.3 is 4.74 Å². The van der Waals surface area contributed by atoms with Crippen LogP contribution in [-0.2, 0) is 9.53 Å². The Kier molecular flexibility index (Phi) is 8.83. The SMILES string of the molecule is CC(C)=CCCC(C)CC(=O)OCCC(C)C. The topological polar surface area (TPSA) is 26.3 Å². The van der Waals surface area contributed by atoms with Crippen molar-refractivity contribution >= 4 is 5.97 Å². The van der Waals surface area contributed by atoms with E-state index in [4.69, 9.17) is 4.74 Å². The summed E-state index contributed by atoms with van der Waals surface area (Å²) in [7, 11) is 0. The molecule has 0 radical (unpaired) electrons. The van der Waals surface area contributed by atoms with E-state index in [9.17, 15) is 4.79 Å². The minimum absolute atomic E-state index is 0.0460. The third-order valence-electron chi connectivity index (χ3n) is 2.69. The first-order valence-electron chi connectivity index (χ1n) is 6.70. The number of ether oxygens (including phenoxy) is 1. The number of allylic oxidation sites excluding steroid dienone is 2. The molecule has 100 valence electrons. The molecule has 0 aliphatic rings. The first-order chi connectivity index (χ1) is 7.91. The highest BCUT2D eigenvalue weighted by molar-refractivity contribution is 5.69. The molecule has 1 atom stereocenters.